The Balaban J connectivity index is 1.24. The summed E-state index contributed by atoms with van der Waals surface area (Å²) in [4.78, 5) is 27.9. The number of amides is 2. The van der Waals surface area contributed by atoms with E-state index in [1.807, 2.05) is 42.5 Å². The molecule has 5 rings (SSSR count). The molecule has 2 aromatic rings. The lowest BCUT2D eigenvalue weighted by molar-refractivity contribution is -0.138. The highest BCUT2D eigenvalue weighted by Gasteiger charge is 2.66. The second-order valence-corrected chi connectivity index (χ2v) is 8.06. The highest BCUT2D eigenvalue weighted by atomic mass is 16.5. The van der Waals surface area contributed by atoms with Gasteiger partial charge in [-0.3, -0.25) is 9.59 Å². The minimum absolute atomic E-state index is 0.0476. The van der Waals surface area contributed by atoms with Gasteiger partial charge in [-0.05, 0) is 36.2 Å². The largest absolute Gasteiger partial charge is 0.497 e. The van der Waals surface area contributed by atoms with Crippen LogP contribution in [0.15, 0.2) is 59.2 Å². The number of likely N-dealkylation sites (tertiary alicyclic amines) is 1. The highest BCUT2D eigenvalue weighted by Crippen LogP contribution is 2.52. The molecule has 1 aromatic carbocycles. The van der Waals surface area contributed by atoms with Crippen molar-refractivity contribution in [2.24, 2.45) is 11.8 Å². The first-order valence-electron chi connectivity index (χ1n) is 10.2. The van der Waals surface area contributed by atoms with E-state index in [1.54, 1.807) is 24.3 Å². The van der Waals surface area contributed by atoms with Crippen molar-refractivity contribution in [1.82, 2.24) is 10.2 Å². The van der Waals surface area contributed by atoms with E-state index >= 15 is 0 Å². The standard InChI is InChI=1S/C23H24N2O5/c1-28-16-6-4-15(5-7-16)9-11-24-21(26)19-18-8-10-23(30-18)14-25(22(27)20(19)23)13-17-3-2-12-29-17/h2-8,10,12,18-20H,9,11,13-14H2,1H3,(H,24,26)/t18-,19-,20+,23+/m1/s1. The Morgan fingerprint density at radius 1 is 1.30 bits per heavy atom. The summed E-state index contributed by atoms with van der Waals surface area (Å²) in [6.07, 6.45) is 5.84. The molecule has 0 saturated carbocycles. The number of rotatable bonds is 7. The predicted molar refractivity (Wildman–Crippen MR) is 108 cm³/mol. The third-order valence-corrected chi connectivity index (χ3v) is 6.28. The van der Waals surface area contributed by atoms with E-state index < -0.39 is 17.4 Å². The van der Waals surface area contributed by atoms with Crippen LogP contribution in [-0.2, 0) is 27.3 Å². The van der Waals surface area contributed by atoms with Crippen LogP contribution in [0.2, 0.25) is 0 Å². The van der Waals surface area contributed by atoms with E-state index in [9.17, 15) is 9.59 Å². The minimum atomic E-state index is -0.702. The number of fused-ring (bicyclic) bond motifs is 1. The molecule has 3 aliphatic rings. The number of methoxy groups -OCH3 is 1. The summed E-state index contributed by atoms with van der Waals surface area (Å²) >= 11 is 0. The third kappa shape index (κ3) is 3.10. The first kappa shape index (κ1) is 18.9. The molecule has 2 bridgehead atoms. The molecule has 3 aliphatic heterocycles. The average Bonchev–Trinajstić information content (AvgIpc) is 3.52. The van der Waals surface area contributed by atoms with Gasteiger partial charge in [0.2, 0.25) is 11.8 Å². The fraction of sp³-hybridized carbons (Fsp3) is 0.391. The lowest BCUT2D eigenvalue weighted by atomic mass is 9.77. The van der Waals surface area contributed by atoms with Gasteiger partial charge in [-0.25, -0.2) is 0 Å². The van der Waals surface area contributed by atoms with Crippen LogP contribution in [-0.4, -0.2) is 48.6 Å². The molecule has 30 heavy (non-hydrogen) atoms. The minimum Gasteiger partial charge on any atom is -0.497 e. The monoisotopic (exact) mass is 408 g/mol. The van der Waals surface area contributed by atoms with Gasteiger partial charge in [0, 0.05) is 6.54 Å². The molecule has 156 valence electrons. The van der Waals surface area contributed by atoms with Crippen LogP contribution in [0, 0.1) is 11.8 Å². The van der Waals surface area contributed by atoms with E-state index in [-0.39, 0.29) is 17.9 Å². The van der Waals surface area contributed by atoms with Crippen molar-refractivity contribution in [3.8, 4) is 5.75 Å². The van der Waals surface area contributed by atoms with Gasteiger partial charge in [0.05, 0.1) is 44.4 Å². The summed E-state index contributed by atoms with van der Waals surface area (Å²) in [5.41, 5.74) is 0.407. The van der Waals surface area contributed by atoms with Crippen LogP contribution >= 0.6 is 0 Å². The van der Waals surface area contributed by atoms with Crippen molar-refractivity contribution in [2.75, 3.05) is 20.2 Å². The Morgan fingerprint density at radius 3 is 2.87 bits per heavy atom. The Kier molecular flexibility index (Phi) is 4.62. The van der Waals surface area contributed by atoms with Crippen molar-refractivity contribution >= 4 is 11.8 Å². The number of carbonyl (C=O) groups is 2. The van der Waals surface area contributed by atoms with Crippen molar-refractivity contribution in [2.45, 2.75) is 24.7 Å². The normalized spacial score (nSPS) is 28.8. The van der Waals surface area contributed by atoms with Crippen molar-refractivity contribution in [1.29, 1.82) is 0 Å². The third-order valence-electron chi connectivity index (χ3n) is 6.28. The van der Waals surface area contributed by atoms with Gasteiger partial charge in [0.25, 0.3) is 0 Å². The number of nitrogens with zero attached hydrogens (tertiary/aromatic N) is 1. The highest BCUT2D eigenvalue weighted by molar-refractivity contribution is 5.93. The van der Waals surface area contributed by atoms with Crippen molar-refractivity contribution < 1.29 is 23.5 Å². The Bertz CT molecular complexity index is 968. The Labute approximate surface area is 174 Å². The number of hydrogen-bond acceptors (Lipinski definition) is 5. The van der Waals surface area contributed by atoms with Crippen LogP contribution in [0.25, 0.3) is 0 Å². The molecule has 0 aliphatic carbocycles. The van der Waals surface area contributed by atoms with Gasteiger partial charge in [-0.2, -0.15) is 0 Å². The molecule has 2 saturated heterocycles. The van der Waals surface area contributed by atoms with Gasteiger partial charge in [0.1, 0.15) is 17.1 Å². The van der Waals surface area contributed by atoms with Gasteiger partial charge >= 0.3 is 0 Å². The molecule has 1 N–H and O–H groups in total. The molecule has 1 aromatic heterocycles. The summed E-state index contributed by atoms with van der Waals surface area (Å²) in [5.74, 6) is 0.367. The number of nitrogens with one attached hydrogen (secondary N) is 1. The molecule has 2 fully saturated rings. The number of benzene rings is 1. The second-order valence-electron chi connectivity index (χ2n) is 8.06. The van der Waals surface area contributed by atoms with E-state index in [2.05, 4.69) is 5.32 Å². The zero-order valence-electron chi connectivity index (χ0n) is 16.7. The quantitative estimate of drug-likeness (QED) is 0.708. The molecule has 2 amide bonds. The Hall–Kier alpha value is -3.06. The molecular formula is C23H24N2O5. The lowest BCUT2D eigenvalue weighted by Crippen LogP contribution is -2.44. The van der Waals surface area contributed by atoms with Gasteiger partial charge in [-0.1, -0.05) is 24.3 Å². The predicted octanol–water partition coefficient (Wildman–Crippen LogP) is 1.93. The van der Waals surface area contributed by atoms with E-state index in [0.29, 0.717) is 26.1 Å². The SMILES string of the molecule is COc1ccc(CCNC(=O)[C@H]2[C@H]3C(=O)N(Cc4ccco4)C[C@@]34C=C[C@H]2O4)cc1. The topological polar surface area (TPSA) is 81.0 Å². The first-order chi connectivity index (χ1) is 14.6. The maximum atomic E-state index is 13.1. The van der Waals surface area contributed by atoms with E-state index in [0.717, 1.165) is 17.1 Å². The van der Waals surface area contributed by atoms with Crippen molar-refractivity contribution in [3.05, 3.63) is 66.1 Å². The average molecular weight is 408 g/mol. The summed E-state index contributed by atoms with van der Waals surface area (Å²) in [7, 11) is 1.63. The molecule has 4 heterocycles. The zero-order chi connectivity index (χ0) is 20.7. The molecule has 4 atom stereocenters. The van der Waals surface area contributed by atoms with E-state index in [1.165, 1.54) is 0 Å². The fourth-order valence-corrected chi connectivity index (χ4v) is 4.84. The number of carbonyl (C=O) groups excluding carboxylic acids is 2. The molecule has 0 unspecified atom stereocenters. The van der Waals surface area contributed by atoms with Crippen molar-refractivity contribution in [3.63, 3.8) is 0 Å². The zero-order valence-corrected chi connectivity index (χ0v) is 16.7. The van der Waals surface area contributed by atoms with Gasteiger partial charge in [0.15, 0.2) is 0 Å². The summed E-state index contributed by atoms with van der Waals surface area (Å²) in [6, 6.07) is 11.4. The molecule has 1 spiro atoms. The second kappa shape index (κ2) is 7.32. The smallest absolute Gasteiger partial charge is 0.230 e. The number of furan rings is 1. The van der Waals surface area contributed by atoms with Crippen LogP contribution in [0.4, 0.5) is 0 Å². The maximum absolute atomic E-state index is 13.1. The van der Waals surface area contributed by atoms with Crippen LogP contribution in [0.3, 0.4) is 0 Å². The summed E-state index contributed by atoms with van der Waals surface area (Å²) in [6.45, 7) is 1.33. The van der Waals surface area contributed by atoms with E-state index in [4.69, 9.17) is 13.9 Å². The summed E-state index contributed by atoms with van der Waals surface area (Å²) < 4.78 is 16.7. The maximum Gasteiger partial charge on any atom is 0.230 e. The van der Waals surface area contributed by atoms with Gasteiger partial charge < -0.3 is 24.1 Å². The molecular weight excluding hydrogens is 384 g/mol. The Morgan fingerprint density at radius 2 is 2.13 bits per heavy atom. The molecule has 7 nitrogen and oxygen atoms in total. The van der Waals surface area contributed by atoms with Gasteiger partial charge in [-0.15, -0.1) is 0 Å². The first-order valence-corrected chi connectivity index (χ1v) is 10.2. The summed E-state index contributed by atoms with van der Waals surface area (Å²) in [5, 5.41) is 3.00. The number of hydrogen-bond donors (Lipinski definition) is 1. The molecule has 0 radical (unpaired) electrons. The van der Waals surface area contributed by atoms with Crippen LogP contribution in [0.5, 0.6) is 5.75 Å². The van der Waals surface area contributed by atoms with Crippen LogP contribution < -0.4 is 10.1 Å². The number of ether oxygens (including phenoxy) is 2. The van der Waals surface area contributed by atoms with Crippen LogP contribution in [0.1, 0.15) is 11.3 Å². The fourth-order valence-electron chi connectivity index (χ4n) is 4.84. The lowest BCUT2D eigenvalue weighted by Gasteiger charge is -2.23. The molecule has 7 heteroatoms.